The zero-order chi connectivity index (χ0) is 10.5. The van der Waals surface area contributed by atoms with Gasteiger partial charge < -0.3 is 15.0 Å². The number of carbonyl (C=O) groups is 1. The molecule has 0 rings (SSSR count). The van der Waals surface area contributed by atoms with Crippen molar-refractivity contribution in [1.82, 2.24) is 0 Å². The van der Waals surface area contributed by atoms with Crippen molar-refractivity contribution in [2.45, 2.75) is 51.7 Å². The SMILES string of the molecule is CC(CC=O)CCC(O)C(C)(C)O. The Bertz CT molecular complexity index is 149. The van der Waals surface area contributed by atoms with Crippen molar-refractivity contribution in [3.05, 3.63) is 0 Å². The molecule has 2 N–H and O–H groups in total. The molecule has 0 aliphatic carbocycles. The molecule has 3 nitrogen and oxygen atoms in total. The molecule has 0 aromatic heterocycles. The highest BCUT2D eigenvalue weighted by atomic mass is 16.3. The summed E-state index contributed by atoms with van der Waals surface area (Å²) in [7, 11) is 0. The molecule has 0 bridgehead atoms. The fourth-order valence-electron chi connectivity index (χ4n) is 1.08. The summed E-state index contributed by atoms with van der Waals surface area (Å²) in [4.78, 5) is 10.1. The molecule has 0 heterocycles. The van der Waals surface area contributed by atoms with Gasteiger partial charge in [-0.3, -0.25) is 0 Å². The number of carbonyl (C=O) groups excluding carboxylic acids is 1. The summed E-state index contributed by atoms with van der Waals surface area (Å²) in [5.74, 6) is 0.287. The lowest BCUT2D eigenvalue weighted by Gasteiger charge is -2.25. The molecule has 78 valence electrons. The van der Waals surface area contributed by atoms with Crippen LogP contribution in [0.3, 0.4) is 0 Å². The van der Waals surface area contributed by atoms with Crippen LogP contribution in [0.5, 0.6) is 0 Å². The summed E-state index contributed by atoms with van der Waals surface area (Å²) in [6, 6.07) is 0. The fourth-order valence-corrected chi connectivity index (χ4v) is 1.08. The Hall–Kier alpha value is -0.410. The zero-order valence-electron chi connectivity index (χ0n) is 8.66. The van der Waals surface area contributed by atoms with Crippen LogP contribution >= 0.6 is 0 Å². The predicted octanol–water partition coefficient (Wildman–Crippen LogP) is 1.12. The first-order valence-corrected chi connectivity index (χ1v) is 4.72. The summed E-state index contributed by atoms with van der Waals surface area (Å²) in [5.41, 5.74) is -1.04. The molecule has 0 amide bonds. The van der Waals surface area contributed by atoms with Gasteiger partial charge in [-0.15, -0.1) is 0 Å². The Morgan fingerprint density at radius 2 is 1.92 bits per heavy atom. The van der Waals surface area contributed by atoms with Gasteiger partial charge in [-0.25, -0.2) is 0 Å². The third-order valence-electron chi connectivity index (χ3n) is 2.25. The second kappa shape index (κ2) is 5.35. The summed E-state index contributed by atoms with van der Waals surface area (Å²) >= 11 is 0. The van der Waals surface area contributed by atoms with Gasteiger partial charge in [0.15, 0.2) is 0 Å². The van der Waals surface area contributed by atoms with E-state index in [2.05, 4.69) is 0 Å². The molecule has 3 heteroatoms. The highest BCUT2D eigenvalue weighted by molar-refractivity contribution is 5.49. The Labute approximate surface area is 79.8 Å². The van der Waals surface area contributed by atoms with E-state index in [1.807, 2.05) is 6.92 Å². The minimum atomic E-state index is -1.04. The third kappa shape index (κ3) is 5.77. The van der Waals surface area contributed by atoms with E-state index in [0.717, 1.165) is 12.7 Å². The number of aliphatic hydroxyl groups excluding tert-OH is 1. The Morgan fingerprint density at radius 3 is 2.31 bits per heavy atom. The van der Waals surface area contributed by atoms with Gasteiger partial charge in [0.2, 0.25) is 0 Å². The van der Waals surface area contributed by atoms with E-state index in [1.165, 1.54) is 0 Å². The zero-order valence-corrected chi connectivity index (χ0v) is 8.66. The molecule has 0 aliphatic heterocycles. The number of hydrogen-bond donors (Lipinski definition) is 2. The third-order valence-corrected chi connectivity index (χ3v) is 2.25. The van der Waals surface area contributed by atoms with Crippen molar-refractivity contribution >= 4 is 6.29 Å². The quantitative estimate of drug-likeness (QED) is 0.614. The molecule has 13 heavy (non-hydrogen) atoms. The molecule has 0 saturated heterocycles. The van der Waals surface area contributed by atoms with Crippen LogP contribution in [-0.4, -0.2) is 28.2 Å². The maximum absolute atomic E-state index is 10.1. The molecule has 0 aromatic rings. The van der Waals surface area contributed by atoms with Gasteiger partial charge in [-0.1, -0.05) is 6.92 Å². The van der Waals surface area contributed by atoms with Crippen LogP contribution in [0, 0.1) is 5.92 Å². The molecule has 2 atom stereocenters. The second-order valence-electron chi connectivity index (χ2n) is 4.25. The van der Waals surface area contributed by atoms with Crippen LogP contribution in [0.2, 0.25) is 0 Å². The van der Waals surface area contributed by atoms with Crippen LogP contribution in [-0.2, 0) is 4.79 Å². The van der Waals surface area contributed by atoms with Crippen LogP contribution in [0.15, 0.2) is 0 Å². The molecule has 0 saturated carbocycles. The van der Waals surface area contributed by atoms with Gasteiger partial charge in [0, 0.05) is 6.42 Å². The molecule has 0 radical (unpaired) electrons. The summed E-state index contributed by atoms with van der Waals surface area (Å²) in [6.45, 7) is 5.13. The van der Waals surface area contributed by atoms with Crippen LogP contribution in [0.25, 0.3) is 0 Å². The first-order valence-electron chi connectivity index (χ1n) is 4.72. The molecule has 0 aliphatic rings. The normalized spacial score (nSPS) is 16.7. The lowest BCUT2D eigenvalue weighted by atomic mass is 9.93. The van der Waals surface area contributed by atoms with E-state index in [-0.39, 0.29) is 5.92 Å². The van der Waals surface area contributed by atoms with Gasteiger partial charge in [0.25, 0.3) is 0 Å². The van der Waals surface area contributed by atoms with E-state index < -0.39 is 11.7 Å². The average molecular weight is 188 g/mol. The van der Waals surface area contributed by atoms with Crippen molar-refractivity contribution in [2.24, 2.45) is 5.92 Å². The molecule has 0 aromatic carbocycles. The maximum Gasteiger partial charge on any atom is 0.120 e. The van der Waals surface area contributed by atoms with Gasteiger partial charge in [0.1, 0.15) is 6.29 Å². The minimum absolute atomic E-state index is 0.287. The predicted molar refractivity (Wildman–Crippen MR) is 51.4 cm³/mol. The lowest BCUT2D eigenvalue weighted by molar-refractivity contribution is -0.108. The maximum atomic E-state index is 10.1. The second-order valence-corrected chi connectivity index (χ2v) is 4.25. The topological polar surface area (TPSA) is 57.5 Å². The number of aliphatic hydroxyl groups is 2. The average Bonchev–Trinajstić information content (AvgIpc) is 1.99. The van der Waals surface area contributed by atoms with E-state index in [9.17, 15) is 15.0 Å². The highest BCUT2D eigenvalue weighted by Crippen LogP contribution is 2.17. The molecule has 2 unspecified atom stereocenters. The lowest BCUT2D eigenvalue weighted by Crippen LogP contribution is -2.35. The smallest absolute Gasteiger partial charge is 0.120 e. The van der Waals surface area contributed by atoms with Crippen LogP contribution < -0.4 is 0 Å². The number of rotatable bonds is 6. The fraction of sp³-hybridized carbons (Fsp3) is 0.900. The number of aldehydes is 1. The Kier molecular flexibility index (Phi) is 5.18. The highest BCUT2D eigenvalue weighted by Gasteiger charge is 2.24. The first-order chi connectivity index (χ1) is 5.88. The van der Waals surface area contributed by atoms with Crippen LogP contribution in [0.1, 0.15) is 40.0 Å². The van der Waals surface area contributed by atoms with Gasteiger partial charge >= 0.3 is 0 Å². The van der Waals surface area contributed by atoms with E-state index in [4.69, 9.17) is 0 Å². The first kappa shape index (κ1) is 12.6. The molecular formula is C10H20O3. The van der Waals surface area contributed by atoms with Crippen molar-refractivity contribution in [3.63, 3.8) is 0 Å². The number of hydrogen-bond acceptors (Lipinski definition) is 3. The van der Waals surface area contributed by atoms with E-state index in [1.54, 1.807) is 13.8 Å². The van der Waals surface area contributed by atoms with Crippen molar-refractivity contribution in [2.75, 3.05) is 0 Å². The van der Waals surface area contributed by atoms with Crippen molar-refractivity contribution in [1.29, 1.82) is 0 Å². The largest absolute Gasteiger partial charge is 0.390 e. The molecule has 0 spiro atoms. The van der Waals surface area contributed by atoms with Gasteiger partial charge in [-0.2, -0.15) is 0 Å². The van der Waals surface area contributed by atoms with E-state index in [0.29, 0.717) is 12.8 Å². The van der Waals surface area contributed by atoms with Crippen LogP contribution in [0.4, 0.5) is 0 Å². The summed E-state index contributed by atoms with van der Waals surface area (Å²) in [5, 5.41) is 18.9. The summed E-state index contributed by atoms with van der Waals surface area (Å²) in [6.07, 6.45) is 2.02. The minimum Gasteiger partial charge on any atom is -0.390 e. The van der Waals surface area contributed by atoms with Crippen molar-refractivity contribution in [3.8, 4) is 0 Å². The Balaban J connectivity index is 3.69. The van der Waals surface area contributed by atoms with E-state index >= 15 is 0 Å². The van der Waals surface area contributed by atoms with Gasteiger partial charge in [-0.05, 0) is 32.6 Å². The molecular weight excluding hydrogens is 168 g/mol. The summed E-state index contributed by atoms with van der Waals surface area (Å²) < 4.78 is 0. The van der Waals surface area contributed by atoms with Crippen molar-refractivity contribution < 1.29 is 15.0 Å². The van der Waals surface area contributed by atoms with Gasteiger partial charge in [0.05, 0.1) is 11.7 Å². The monoisotopic (exact) mass is 188 g/mol. The Morgan fingerprint density at radius 1 is 1.38 bits per heavy atom. The molecule has 0 fully saturated rings. The standard InChI is InChI=1S/C10H20O3/c1-8(6-7-11)4-5-9(12)10(2,3)13/h7-9,12-13H,4-6H2,1-3H3.